The zero-order chi connectivity index (χ0) is 11.1. The number of aromatic hydroxyl groups is 1. The van der Waals surface area contributed by atoms with Crippen molar-refractivity contribution in [3.63, 3.8) is 0 Å². The molecule has 0 radical (unpaired) electrons. The van der Waals surface area contributed by atoms with E-state index in [4.69, 9.17) is 0 Å². The van der Waals surface area contributed by atoms with Gasteiger partial charge in [-0.25, -0.2) is 0 Å². The quantitative estimate of drug-likeness (QED) is 0.696. The van der Waals surface area contributed by atoms with Crippen LogP contribution in [0.4, 0.5) is 5.69 Å². The third kappa shape index (κ3) is 1.27. The Bertz CT molecular complexity index is 626. The molecule has 2 aromatic rings. The zero-order valence-electron chi connectivity index (χ0n) is 8.70. The summed E-state index contributed by atoms with van der Waals surface area (Å²) in [7, 11) is 0. The number of phenols is 1. The van der Waals surface area contributed by atoms with Crippen LogP contribution in [0.5, 0.6) is 5.75 Å². The van der Waals surface area contributed by atoms with Crippen LogP contribution in [-0.2, 0) is 0 Å². The number of anilines is 1. The van der Waals surface area contributed by atoms with E-state index in [-0.39, 0.29) is 0 Å². The molecular weight excluding hydrogens is 198 g/mol. The van der Waals surface area contributed by atoms with Gasteiger partial charge in [-0.15, -0.1) is 0 Å². The fraction of sp³-hybridized carbons (Fsp3) is 0. The van der Waals surface area contributed by atoms with E-state index in [0.717, 1.165) is 27.7 Å². The van der Waals surface area contributed by atoms with E-state index < -0.39 is 0 Å². The van der Waals surface area contributed by atoms with Crippen LogP contribution in [0, 0.1) is 0 Å². The highest BCUT2D eigenvalue weighted by Gasteiger charge is 2.09. The zero-order valence-corrected chi connectivity index (χ0v) is 8.70. The van der Waals surface area contributed by atoms with Crippen molar-refractivity contribution in [2.45, 2.75) is 0 Å². The predicted molar refractivity (Wildman–Crippen MR) is 67.4 cm³/mol. The van der Waals surface area contributed by atoms with Crippen molar-refractivity contribution in [2.75, 3.05) is 5.32 Å². The molecule has 2 aromatic carbocycles. The van der Waals surface area contributed by atoms with Gasteiger partial charge in [0.15, 0.2) is 0 Å². The highest BCUT2D eigenvalue weighted by atomic mass is 16.3. The Morgan fingerprint density at radius 1 is 1.06 bits per heavy atom. The van der Waals surface area contributed by atoms with Crippen molar-refractivity contribution >= 4 is 22.5 Å². The van der Waals surface area contributed by atoms with Crippen molar-refractivity contribution in [2.24, 2.45) is 0 Å². The minimum absolute atomic E-state index is 0.296. The van der Waals surface area contributed by atoms with Crippen LogP contribution in [-0.4, -0.2) is 5.11 Å². The van der Waals surface area contributed by atoms with E-state index in [1.807, 2.05) is 30.4 Å². The van der Waals surface area contributed by atoms with Gasteiger partial charge in [-0.05, 0) is 35.0 Å². The third-order valence-corrected chi connectivity index (χ3v) is 2.79. The molecule has 0 spiro atoms. The minimum atomic E-state index is 0.296. The molecule has 1 heterocycles. The Balaban J connectivity index is 2.35. The second kappa shape index (κ2) is 3.14. The van der Waals surface area contributed by atoms with Gasteiger partial charge in [0.2, 0.25) is 0 Å². The van der Waals surface area contributed by atoms with Crippen molar-refractivity contribution in [1.82, 2.24) is 0 Å². The first-order chi connectivity index (χ1) is 7.74. The second-order valence-electron chi connectivity index (χ2n) is 3.92. The average molecular weight is 209 g/mol. The number of allylic oxidation sites excluding steroid dienone is 1. The molecule has 0 aromatic heterocycles. The Kier molecular flexibility index (Phi) is 1.77. The number of fused-ring (bicyclic) bond motifs is 3. The smallest absolute Gasteiger partial charge is 0.116 e. The molecule has 3 rings (SSSR count). The van der Waals surface area contributed by atoms with Crippen LogP contribution in [0.1, 0.15) is 5.56 Å². The normalized spacial score (nSPS) is 13.6. The Morgan fingerprint density at radius 2 is 1.94 bits per heavy atom. The molecule has 0 amide bonds. The first-order valence-corrected chi connectivity index (χ1v) is 5.14. The summed E-state index contributed by atoms with van der Waals surface area (Å²) >= 11 is 0. The van der Waals surface area contributed by atoms with Gasteiger partial charge >= 0.3 is 0 Å². The van der Waals surface area contributed by atoms with Crippen LogP contribution < -0.4 is 5.32 Å². The number of rotatable bonds is 0. The van der Waals surface area contributed by atoms with E-state index in [2.05, 4.69) is 11.9 Å². The molecule has 2 nitrogen and oxygen atoms in total. The van der Waals surface area contributed by atoms with Crippen molar-refractivity contribution in [1.29, 1.82) is 0 Å². The van der Waals surface area contributed by atoms with Crippen LogP contribution >= 0.6 is 0 Å². The Labute approximate surface area is 93.5 Å². The number of benzene rings is 2. The lowest BCUT2D eigenvalue weighted by Crippen LogP contribution is -2.01. The number of nitrogens with one attached hydrogen (secondary N) is 1. The summed E-state index contributed by atoms with van der Waals surface area (Å²) in [5, 5.41) is 14.8. The maximum atomic E-state index is 9.43. The molecular formula is C14H11NO. The summed E-state index contributed by atoms with van der Waals surface area (Å²) in [4.78, 5) is 0. The summed E-state index contributed by atoms with van der Waals surface area (Å²) in [6, 6.07) is 9.41. The summed E-state index contributed by atoms with van der Waals surface area (Å²) in [6.07, 6.45) is 4.00. The van der Waals surface area contributed by atoms with Crippen LogP contribution in [0.3, 0.4) is 0 Å². The molecule has 16 heavy (non-hydrogen) atoms. The molecule has 1 aliphatic rings. The van der Waals surface area contributed by atoms with Gasteiger partial charge in [0.05, 0.1) is 0 Å². The predicted octanol–water partition coefficient (Wildman–Crippen LogP) is 3.50. The number of phenolic OH excluding ortho intramolecular Hbond substituents is 1. The maximum Gasteiger partial charge on any atom is 0.116 e. The molecule has 2 heteroatoms. The van der Waals surface area contributed by atoms with Gasteiger partial charge in [-0.3, -0.25) is 0 Å². The lowest BCUT2D eigenvalue weighted by atomic mass is 9.99. The second-order valence-corrected chi connectivity index (χ2v) is 3.92. The molecule has 0 saturated carbocycles. The van der Waals surface area contributed by atoms with E-state index in [9.17, 15) is 5.11 Å². The number of hydrogen-bond donors (Lipinski definition) is 2. The molecule has 0 unspecified atom stereocenters. The topological polar surface area (TPSA) is 32.3 Å². The van der Waals surface area contributed by atoms with E-state index in [1.165, 1.54) is 0 Å². The summed E-state index contributed by atoms with van der Waals surface area (Å²) in [6.45, 7) is 3.87. The molecule has 0 aliphatic carbocycles. The molecule has 1 aliphatic heterocycles. The van der Waals surface area contributed by atoms with Crippen LogP contribution in [0.15, 0.2) is 48.7 Å². The number of hydrogen-bond acceptors (Lipinski definition) is 2. The molecule has 0 atom stereocenters. The fourth-order valence-electron chi connectivity index (χ4n) is 2.03. The highest BCUT2D eigenvalue weighted by molar-refractivity contribution is 5.98. The standard InChI is InChI=1S/C14H11NO/c1-9-2-5-13-12-6-4-11(16)8-10(12)3-7-14(13)15-9/h2-8,15-16H,1H2. The molecule has 0 saturated heterocycles. The summed E-state index contributed by atoms with van der Waals surface area (Å²) in [5.41, 5.74) is 3.10. The van der Waals surface area contributed by atoms with Gasteiger partial charge in [-0.1, -0.05) is 24.8 Å². The SMILES string of the molecule is C=C1C=Cc2c(ccc3cc(O)ccc23)N1. The molecule has 2 N–H and O–H groups in total. The van der Waals surface area contributed by atoms with E-state index in [1.54, 1.807) is 12.1 Å². The first kappa shape index (κ1) is 9.04. The molecule has 0 bridgehead atoms. The van der Waals surface area contributed by atoms with Gasteiger partial charge in [0, 0.05) is 16.9 Å². The minimum Gasteiger partial charge on any atom is -0.508 e. The lowest BCUT2D eigenvalue weighted by Gasteiger charge is -2.16. The lowest BCUT2D eigenvalue weighted by molar-refractivity contribution is 0.476. The Hall–Kier alpha value is -2.22. The van der Waals surface area contributed by atoms with Gasteiger partial charge in [-0.2, -0.15) is 0 Å². The van der Waals surface area contributed by atoms with Gasteiger partial charge < -0.3 is 10.4 Å². The monoisotopic (exact) mass is 209 g/mol. The molecule has 0 fully saturated rings. The van der Waals surface area contributed by atoms with Crippen LogP contribution in [0.2, 0.25) is 0 Å². The third-order valence-electron chi connectivity index (χ3n) is 2.79. The van der Waals surface area contributed by atoms with Crippen molar-refractivity contribution in [3.8, 4) is 5.75 Å². The average Bonchev–Trinajstić information content (AvgIpc) is 2.28. The van der Waals surface area contributed by atoms with Crippen molar-refractivity contribution in [3.05, 3.63) is 54.2 Å². The van der Waals surface area contributed by atoms with Crippen molar-refractivity contribution < 1.29 is 5.11 Å². The van der Waals surface area contributed by atoms with Crippen LogP contribution in [0.25, 0.3) is 16.8 Å². The maximum absolute atomic E-state index is 9.43. The highest BCUT2D eigenvalue weighted by Crippen LogP contribution is 2.32. The largest absolute Gasteiger partial charge is 0.508 e. The van der Waals surface area contributed by atoms with E-state index in [0.29, 0.717) is 5.75 Å². The molecule has 78 valence electrons. The van der Waals surface area contributed by atoms with Gasteiger partial charge in [0.25, 0.3) is 0 Å². The first-order valence-electron chi connectivity index (χ1n) is 5.14. The van der Waals surface area contributed by atoms with Gasteiger partial charge in [0.1, 0.15) is 5.75 Å². The summed E-state index contributed by atoms with van der Waals surface area (Å²) < 4.78 is 0. The fourth-order valence-corrected chi connectivity index (χ4v) is 2.03. The summed E-state index contributed by atoms with van der Waals surface area (Å²) in [5.74, 6) is 0.296. The Morgan fingerprint density at radius 3 is 2.81 bits per heavy atom. The van der Waals surface area contributed by atoms with E-state index >= 15 is 0 Å².